The second kappa shape index (κ2) is 65.3. The van der Waals surface area contributed by atoms with Crippen LogP contribution in [0.3, 0.4) is 0 Å². The van der Waals surface area contributed by atoms with Crippen LogP contribution in [0.25, 0.3) is 0 Å². The minimum Gasteiger partial charge on any atom is -0.535 e. The maximum absolute atomic E-state index is 11.6. The van der Waals surface area contributed by atoms with Crippen LogP contribution in [0.2, 0.25) is 56.9 Å². The van der Waals surface area contributed by atoms with Gasteiger partial charge in [0.1, 0.15) is 0 Å². The smallest absolute Gasteiger partial charge is 0.535 e. The molecule has 6 heterocycles. The van der Waals surface area contributed by atoms with E-state index in [-0.39, 0.29) is 98.6 Å². The molecule has 500 valence electrons. The van der Waals surface area contributed by atoms with Gasteiger partial charge in [0.2, 0.25) is 6.85 Å². The average molecular weight is 1200 g/mol. The van der Waals surface area contributed by atoms with Gasteiger partial charge in [-0.3, -0.25) is 9.59 Å². The Labute approximate surface area is 570 Å². The van der Waals surface area contributed by atoms with Crippen molar-refractivity contribution in [2.24, 2.45) is 5.41 Å². The monoisotopic (exact) mass is 1200 g/mol. The molecular formula is C67H153B6Li2N7O4. The zero-order valence-corrected chi connectivity index (χ0v) is 59.5. The van der Waals surface area contributed by atoms with E-state index in [1.807, 2.05) is 20.8 Å². The molecule has 0 atom stereocenters. The van der Waals surface area contributed by atoms with Crippen molar-refractivity contribution in [1.82, 2.24) is 34.2 Å². The van der Waals surface area contributed by atoms with E-state index in [1.54, 1.807) is 0 Å². The average Bonchev–Trinajstić information content (AvgIpc) is 3.40. The topological polar surface area (TPSA) is 75.3 Å². The van der Waals surface area contributed by atoms with E-state index in [1.165, 1.54) is 180 Å². The van der Waals surface area contributed by atoms with Crippen molar-refractivity contribution < 1.29 is 56.6 Å². The molecule has 6 aliphatic heterocycles. The second-order valence-electron chi connectivity index (χ2n) is 27.0. The number of carbonyl (C=O) groups excluding carboxylic acids is 2. The Morgan fingerprint density at radius 2 is 0.721 bits per heavy atom. The van der Waals surface area contributed by atoms with Gasteiger partial charge in [0.15, 0.2) is 20.1 Å². The van der Waals surface area contributed by atoms with Crippen LogP contribution in [0.5, 0.6) is 0 Å². The largest absolute Gasteiger partial charge is 1.00 e. The molecule has 0 aromatic rings. The predicted octanol–water partition coefficient (Wildman–Crippen LogP) is 10.1. The van der Waals surface area contributed by atoms with Crippen LogP contribution in [0, 0.1) is 19.3 Å². The van der Waals surface area contributed by atoms with E-state index in [0.717, 1.165) is 91.3 Å². The molecule has 0 aliphatic carbocycles. The van der Waals surface area contributed by atoms with Crippen LogP contribution >= 0.6 is 0 Å². The van der Waals surface area contributed by atoms with Crippen molar-refractivity contribution >= 4 is 52.8 Å². The summed E-state index contributed by atoms with van der Waals surface area (Å²) in [4.78, 5) is 39.1. The third-order valence-corrected chi connectivity index (χ3v) is 16.4. The minimum absolute atomic E-state index is 0. The second-order valence-corrected chi connectivity index (χ2v) is 27.0. The molecule has 6 fully saturated rings. The molecular weight excluding hydrogens is 1050 g/mol. The van der Waals surface area contributed by atoms with E-state index < -0.39 is 0 Å². The van der Waals surface area contributed by atoms with Crippen molar-refractivity contribution in [2.45, 2.75) is 291 Å². The van der Waals surface area contributed by atoms with Crippen LogP contribution in [0.4, 0.5) is 0 Å². The summed E-state index contributed by atoms with van der Waals surface area (Å²) >= 11 is 0. The zero-order valence-electron chi connectivity index (χ0n) is 59.5. The Hall–Kier alpha value is 0.244. The Morgan fingerprint density at radius 1 is 0.453 bits per heavy atom. The quantitative estimate of drug-likeness (QED) is 0.110. The summed E-state index contributed by atoms with van der Waals surface area (Å²) in [6.07, 6.45) is 40.1. The number of rotatable bonds is 16. The van der Waals surface area contributed by atoms with Crippen LogP contribution < -0.4 is 37.7 Å². The third-order valence-electron chi connectivity index (χ3n) is 16.4. The summed E-state index contributed by atoms with van der Waals surface area (Å²) in [5.41, 5.74) is -0.379. The van der Waals surface area contributed by atoms with Gasteiger partial charge in [-0.15, -0.1) is 0 Å². The summed E-state index contributed by atoms with van der Waals surface area (Å²) in [7, 11) is 13.1. The van der Waals surface area contributed by atoms with Crippen molar-refractivity contribution in [3.8, 4) is 0 Å². The van der Waals surface area contributed by atoms with Crippen molar-refractivity contribution in [3.05, 3.63) is 13.8 Å². The molecule has 0 bridgehead atoms. The number of hydrogen-bond donors (Lipinski definition) is 0. The summed E-state index contributed by atoms with van der Waals surface area (Å²) in [5, 5.41) is 0. The Bertz CT molecular complexity index is 1360. The van der Waals surface area contributed by atoms with Crippen LogP contribution in [-0.4, -0.2) is 219 Å². The van der Waals surface area contributed by atoms with Crippen LogP contribution in [-0.2, 0) is 18.9 Å². The van der Waals surface area contributed by atoms with E-state index in [9.17, 15) is 9.59 Å². The number of nitrogens with zero attached hydrogens (tertiary/aromatic N) is 7. The molecule has 19 heteroatoms. The van der Waals surface area contributed by atoms with Crippen molar-refractivity contribution in [1.29, 1.82) is 0 Å². The number of unbranched alkanes of at least 4 members (excludes halogenated alkanes) is 5. The van der Waals surface area contributed by atoms with Gasteiger partial charge in [0, 0.05) is 19.8 Å². The molecule has 6 aliphatic rings. The predicted molar refractivity (Wildman–Crippen MR) is 392 cm³/mol. The Kier molecular flexibility index (Phi) is 77.7. The third kappa shape index (κ3) is 58.1. The maximum Gasteiger partial charge on any atom is 1.00 e. The van der Waals surface area contributed by atoms with Gasteiger partial charge < -0.3 is 57.4 Å². The Balaban J connectivity index is -0.000000136. The van der Waals surface area contributed by atoms with Gasteiger partial charge in [-0.1, -0.05) is 188 Å². The maximum atomic E-state index is 11.6. The van der Waals surface area contributed by atoms with Gasteiger partial charge in [-0.2, -0.15) is 12.8 Å². The number of carbonyl (C=O) groups is 2. The summed E-state index contributed by atoms with van der Waals surface area (Å²) in [6, 6.07) is 1.35. The first-order valence-electron chi connectivity index (χ1n) is 33.8. The minimum atomic E-state index is -0.379. The molecule has 0 aromatic carbocycles. The normalized spacial score (nSPS) is 17.7. The molecule has 86 heavy (non-hydrogen) atoms. The molecule has 11 nitrogen and oxygen atoms in total. The van der Waals surface area contributed by atoms with Gasteiger partial charge in [0.25, 0.3) is 11.9 Å². The SMILES string of the molecule is C.C.C.C.CC(=O)OB1CCCN(C)C1.CC(C)N(B1CCCN(C)C1)C(C)C.CCCCB1CCCN(C)C1.CCCCB1CCCN(C)C1.CCCCB1CCCN(C)C1.CN1CCCB(OC(=O)C(C)(C)C)C1.[CH2-]CCC.[CH2-]CCC.[Li+].[Li+]. The molecule has 0 aromatic heterocycles. The van der Waals surface area contributed by atoms with Gasteiger partial charge in [-0.25, -0.2) is 0 Å². The fourth-order valence-corrected chi connectivity index (χ4v) is 11.8. The molecule has 6 rings (SSSR count). The molecule has 6 saturated heterocycles. The standard InChI is InChI=1S/C11H25BN2.C10H20BNO2.3C9H20BN.C7H14BNO2.2C4H9.4CH4.2Li/c1-10(2)14(11(3)4)12-7-6-8-13(5)9-12;1-10(2,3)9(13)14-11-6-5-7-12(4)8-11;3*1-3-4-6-10-7-5-8-11(2)9-10;1-7(10)11-8-4-3-5-9(2)6-8;2*1-3-4-2;;;;;;/h10-11H,6-9H2,1-5H3;5-8H2,1-4H3;3*3-9H2,1-2H3;3-6H2,1-2H3;2*1,3-4H2,2H3;4*1H4;;/q;;;;;;2*-1;;;;;2*+1. The number of hydrogen-bond acceptors (Lipinski definition) is 11. The Morgan fingerprint density at radius 3 is 0.953 bits per heavy atom. The summed E-state index contributed by atoms with van der Waals surface area (Å²) in [5.74, 6) is -0.247. The summed E-state index contributed by atoms with van der Waals surface area (Å²) in [6.45, 7) is 46.2. The van der Waals surface area contributed by atoms with Gasteiger partial charge in [0.05, 0.1) is 5.41 Å². The van der Waals surface area contributed by atoms with E-state index in [0.29, 0.717) is 12.1 Å². The van der Waals surface area contributed by atoms with Crippen molar-refractivity contribution in [3.63, 3.8) is 0 Å². The zero-order chi connectivity index (χ0) is 60.9. The molecule has 0 amide bonds. The first kappa shape index (κ1) is 102. The molecule has 0 unspecified atom stereocenters. The van der Waals surface area contributed by atoms with Crippen molar-refractivity contribution in [2.75, 3.05) is 120 Å². The van der Waals surface area contributed by atoms with Crippen LogP contribution in [0.1, 0.15) is 222 Å². The van der Waals surface area contributed by atoms with Gasteiger partial charge in [-0.05, 0) is 191 Å². The molecule has 0 saturated carbocycles. The fourth-order valence-electron chi connectivity index (χ4n) is 11.8. The van der Waals surface area contributed by atoms with E-state index >= 15 is 0 Å². The van der Waals surface area contributed by atoms with E-state index in [4.69, 9.17) is 9.31 Å². The summed E-state index contributed by atoms with van der Waals surface area (Å²) < 4.78 is 10.5. The first-order valence-corrected chi connectivity index (χ1v) is 33.8. The molecule has 0 radical (unpaired) electrons. The molecule has 0 spiro atoms. The molecule has 0 N–H and O–H groups in total. The van der Waals surface area contributed by atoms with Crippen LogP contribution in [0.15, 0.2) is 0 Å². The first-order chi connectivity index (χ1) is 37.9. The van der Waals surface area contributed by atoms with Gasteiger partial charge >= 0.3 is 51.6 Å². The fraction of sp³-hybridized carbons (Fsp3) is 0.940. The van der Waals surface area contributed by atoms with E-state index in [2.05, 4.69) is 153 Å².